The minimum absolute atomic E-state index is 0.168. The molecule has 130 valence electrons. The van der Waals surface area contributed by atoms with Gasteiger partial charge in [-0.25, -0.2) is 9.18 Å². The number of rotatable bonds is 6. The predicted octanol–water partition coefficient (Wildman–Crippen LogP) is 1.91. The van der Waals surface area contributed by atoms with Gasteiger partial charge in [-0.05, 0) is 23.8 Å². The number of amides is 2. The van der Waals surface area contributed by atoms with E-state index >= 15 is 0 Å². The van der Waals surface area contributed by atoms with E-state index in [2.05, 4.69) is 15.4 Å². The Morgan fingerprint density at radius 1 is 1.00 bits per heavy atom. The van der Waals surface area contributed by atoms with Gasteiger partial charge in [-0.1, -0.05) is 30.3 Å². The van der Waals surface area contributed by atoms with Crippen LogP contribution in [0.5, 0.6) is 0 Å². The second kappa shape index (κ2) is 8.58. The van der Waals surface area contributed by atoms with E-state index in [0.29, 0.717) is 0 Å². The zero-order valence-corrected chi connectivity index (χ0v) is 13.5. The molecule has 0 aliphatic rings. The van der Waals surface area contributed by atoms with Gasteiger partial charge in [-0.2, -0.15) is 0 Å². The van der Waals surface area contributed by atoms with E-state index in [9.17, 15) is 18.8 Å². The van der Waals surface area contributed by atoms with E-state index in [-0.39, 0.29) is 29.8 Å². The molecule has 25 heavy (non-hydrogen) atoms. The van der Waals surface area contributed by atoms with Gasteiger partial charge in [0.15, 0.2) is 0 Å². The van der Waals surface area contributed by atoms with Crippen LogP contribution < -0.4 is 10.6 Å². The molecule has 0 spiro atoms. The standard InChI is InChI=1S/C18H17FN2O4/c1-25-18(24)13-7-3-5-9-15(13)21-17(23)11-20-16(22)10-12-6-2-4-8-14(12)19/h2-9H,10-11H2,1H3,(H,20,22)(H,21,23). The Labute approximate surface area is 144 Å². The van der Waals surface area contributed by atoms with Crippen molar-refractivity contribution in [2.45, 2.75) is 6.42 Å². The lowest BCUT2D eigenvalue weighted by molar-refractivity contribution is -0.123. The average molecular weight is 344 g/mol. The summed E-state index contributed by atoms with van der Waals surface area (Å²) >= 11 is 0. The van der Waals surface area contributed by atoms with Gasteiger partial charge in [0.1, 0.15) is 5.82 Å². The molecule has 0 unspecified atom stereocenters. The second-order valence-corrected chi connectivity index (χ2v) is 5.13. The molecule has 0 radical (unpaired) electrons. The molecule has 0 aromatic heterocycles. The Morgan fingerprint density at radius 3 is 2.40 bits per heavy atom. The minimum Gasteiger partial charge on any atom is -0.465 e. The molecule has 2 aromatic rings. The summed E-state index contributed by atoms with van der Waals surface area (Å²) < 4.78 is 18.1. The number of anilines is 1. The highest BCUT2D eigenvalue weighted by molar-refractivity contribution is 6.02. The van der Waals surface area contributed by atoms with Crippen molar-refractivity contribution in [2.24, 2.45) is 0 Å². The molecule has 2 aromatic carbocycles. The summed E-state index contributed by atoms with van der Waals surface area (Å²) in [5.41, 5.74) is 0.732. The Hall–Kier alpha value is -3.22. The quantitative estimate of drug-likeness (QED) is 0.784. The largest absolute Gasteiger partial charge is 0.465 e. The highest BCUT2D eigenvalue weighted by Gasteiger charge is 2.14. The predicted molar refractivity (Wildman–Crippen MR) is 89.5 cm³/mol. The summed E-state index contributed by atoms with van der Waals surface area (Å²) in [6.45, 7) is -0.303. The van der Waals surface area contributed by atoms with Crippen molar-refractivity contribution in [3.05, 3.63) is 65.5 Å². The van der Waals surface area contributed by atoms with Gasteiger partial charge >= 0.3 is 5.97 Å². The van der Waals surface area contributed by atoms with Crippen molar-refractivity contribution in [3.8, 4) is 0 Å². The summed E-state index contributed by atoms with van der Waals surface area (Å²) in [6.07, 6.45) is -0.168. The molecule has 2 rings (SSSR count). The third-order valence-electron chi connectivity index (χ3n) is 3.36. The zero-order chi connectivity index (χ0) is 18.2. The Bertz CT molecular complexity index is 792. The van der Waals surface area contributed by atoms with Crippen LogP contribution in [0.1, 0.15) is 15.9 Å². The number of methoxy groups -OCH3 is 1. The summed E-state index contributed by atoms with van der Waals surface area (Å²) in [5.74, 6) is -2.06. The van der Waals surface area contributed by atoms with Gasteiger partial charge in [0, 0.05) is 0 Å². The summed E-state index contributed by atoms with van der Waals surface area (Å²) in [4.78, 5) is 35.4. The zero-order valence-electron chi connectivity index (χ0n) is 13.5. The van der Waals surface area contributed by atoms with Crippen molar-refractivity contribution in [2.75, 3.05) is 19.0 Å². The normalized spacial score (nSPS) is 10.0. The first-order valence-electron chi connectivity index (χ1n) is 7.48. The molecule has 7 heteroatoms. The van der Waals surface area contributed by atoms with Crippen LogP contribution in [-0.2, 0) is 20.7 Å². The van der Waals surface area contributed by atoms with Crippen molar-refractivity contribution in [1.82, 2.24) is 5.32 Å². The van der Waals surface area contributed by atoms with Gasteiger partial charge in [0.2, 0.25) is 11.8 Å². The van der Waals surface area contributed by atoms with Gasteiger partial charge < -0.3 is 15.4 Å². The number of hydrogen-bond acceptors (Lipinski definition) is 4. The van der Waals surface area contributed by atoms with Crippen LogP contribution in [0.25, 0.3) is 0 Å². The van der Waals surface area contributed by atoms with Crippen LogP contribution in [0.2, 0.25) is 0 Å². The number of carbonyl (C=O) groups excluding carboxylic acids is 3. The van der Waals surface area contributed by atoms with Crippen LogP contribution in [0, 0.1) is 5.82 Å². The highest BCUT2D eigenvalue weighted by Crippen LogP contribution is 2.15. The highest BCUT2D eigenvalue weighted by atomic mass is 19.1. The minimum atomic E-state index is -0.584. The van der Waals surface area contributed by atoms with Crippen LogP contribution in [0.3, 0.4) is 0 Å². The topological polar surface area (TPSA) is 84.5 Å². The van der Waals surface area contributed by atoms with E-state index in [1.807, 2.05) is 0 Å². The maximum absolute atomic E-state index is 13.5. The maximum atomic E-state index is 13.5. The van der Waals surface area contributed by atoms with Crippen molar-refractivity contribution >= 4 is 23.5 Å². The second-order valence-electron chi connectivity index (χ2n) is 5.13. The SMILES string of the molecule is COC(=O)c1ccccc1NC(=O)CNC(=O)Cc1ccccc1F. The van der Waals surface area contributed by atoms with Crippen molar-refractivity contribution < 1.29 is 23.5 Å². The number of halogens is 1. The van der Waals surface area contributed by atoms with Crippen LogP contribution in [0.15, 0.2) is 48.5 Å². The molecule has 0 aliphatic carbocycles. The molecule has 0 bridgehead atoms. The number of carbonyl (C=O) groups is 3. The third-order valence-corrected chi connectivity index (χ3v) is 3.36. The first kappa shape index (κ1) is 18.1. The fraction of sp³-hybridized carbons (Fsp3) is 0.167. The van der Waals surface area contributed by atoms with Crippen LogP contribution in [0.4, 0.5) is 10.1 Å². The van der Waals surface area contributed by atoms with E-state index in [1.165, 1.54) is 31.4 Å². The molecular formula is C18H17FN2O4. The maximum Gasteiger partial charge on any atom is 0.339 e. The van der Waals surface area contributed by atoms with E-state index in [0.717, 1.165) is 0 Å². The monoisotopic (exact) mass is 344 g/mol. The average Bonchev–Trinajstić information content (AvgIpc) is 2.62. The third kappa shape index (κ3) is 5.13. The molecule has 0 fully saturated rings. The van der Waals surface area contributed by atoms with Crippen molar-refractivity contribution in [1.29, 1.82) is 0 Å². The smallest absolute Gasteiger partial charge is 0.339 e. The van der Waals surface area contributed by atoms with E-state index in [1.54, 1.807) is 24.3 Å². The fourth-order valence-electron chi connectivity index (χ4n) is 2.13. The lowest BCUT2D eigenvalue weighted by Crippen LogP contribution is -2.34. The molecule has 0 heterocycles. The van der Waals surface area contributed by atoms with E-state index < -0.39 is 23.6 Å². The Balaban J connectivity index is 1.90. The Kier molecular flexibility index (Phi) is 6.22. The molecule has 2 amide bonds. The molecule has 0 aliphatic heterocycles. The Morgan fingerprint density at radius 2 is 1.68 bits per heavy atom. The lowest BCUT2D eigenvalue weighted by atomic mass is 10.1. The summed E-state index contributed by atoms with van der Waals surface area (Å²) in [7, 11) is 1.24. The van der Waals surface area contributed by atoms with Gasteiger partial charge in [-0.15, -0.1) is 0 Å². The molecule has 0 atom stereocenters. The number of para-hydroxylation sites is 1. The summed E-state index contributed by atoms with van der Waals surface area (Å²) in [6, 6.07) is 12.3. The van der Waals surface area contributed by atoms with Gasteiger partial charge in [0.05, 0.1) is 31.3 Å². The number of hydrogen-bond donors (Lipinski definition) is 2. The van der Waals surface area contributed by atoms with Crippen LogP contribution in [-0.4, -0.2) is 31.4 Å². The number of ether oxygens (including phenoxy) is 1. The molecule has 0 saturated carbocycles. The number of benzene rings is 2. The molecule has 2 N–H and O–H groups in total. The molecule has 6 nitrogen and oxygen atoms in total. The number of nitrogens with one attached hydrogen (secondary N) is 2. The van der Waals surface area contributed by atoms with E-state index in [4.69, 9.17) is 0 Å². The molecule has 0 saturated heterocycles. The van der Waals surface area contributed by atoms with Crippen molar-refractivity contribution in [3.63, 3.8) is 0 Å². The van der Waals surface area contributed by atoms with Crippen LogP contribution >= 0.6 is 0 Å². The molecular weight excluding hydrogens is 327 g/mol. The fourth-order valence-corrected chi connectivity index (χ4v) is 2.13. The first-order valence-corrected chi connectivity index (χ1v) is 7.48. The first-order chi connectivity index (χ1) is 12.0. The van der Waals surface area contributed by atoms with Gasteiger partial charge in [0.25, 0.3) is 0 Å². The summed E-state index contributed by atoms with van der Waals surface area (Å²) in [5, 5.41) is 4.94. The lowest BCUT2D eigenvalue weighted by Gasteiger charge is -2.10. The number of esters is 1. The van der Waals surface area contributed by atoms with Gasteiger partial charge in [-0.3, -0.25) is 9.59 Å².